The minimum absolute atomic E-state index is 0.0112. The highest BCUT2D eigenvalue weighted by atomic mass is 79.9. The standard InChI is InChI=1S/C11H8BrN3OS2/c12-8-3-1-2-7(4-8)10-15(9(16)5-17-10)11-14-13-6-18-11/h1-4,6,10H,5H2/t10-/m0/s1. The summed E-state index contributed by atoms with van der Waals surface area (Å²) in [6.45, 7) is 0. The summed E-state index contributed by atoms with van der Waals surface area (Å²) in [5, 5.41) is 8.45. The highest BCUT2D eigenvalue weighted by molar-refractivity contribution is 9.10. The number of anilines is 1. The third kappa shape index (κ3) is 2.17. The molecular weight excluding hydrogens is 334 g/mol. The molecule has 1 aromatic heterocycles. The summed E-state index contributed by atoms with van der Waals surface area (Å²) in [5.74, 6) is 0.568. The highest BCUT2D eigenvalue weighted by Gasteiger charge is 2.35. The van der Waals surface area contributed by atoms with Crippen molar-refractivity contribution >= 4 is 50.1 Å². The summed E-state index contributed by atoms with van der Waals surface area (Å²) in [6, 6.07) is 8.00. The number of hydrogen-bond donors (Lipinski definition) is 0. The van der Waals surface area contributed by atoms with E-state index in [9.17, 15) is 4.79 Å². The Balaban J connectivity index is 1.99. The Morgan fingerprint density at radius 1 is 1.44 bits per heavy atom. The van der Waals surface area contributed by atoms with Crippen LogP contribution in [-0.4, -0.2) is 21.9 Å². The molecule has 1 aromatic carbocycles. The van der Waals surface area contributed by atoms with Gasteiger partial charge in [0.1, 0.15) is 10.9 Å². The maximum Gasteiger partial charge on any atom is 0.240 e. The van der Waals surface area contributed by atoms with Crippen molar-refractivity contribution in [3.05, 3.63) is 39.8 Å². The van der Waals surface area contributed by atoms with Crippen LogP contribution in [0.5, 0.6) is 0 Å². The summed E-state index contributed by atoms with van der Waals surface area (Å²) in [7, 11) is 0. The van der Waals surface area contributed by atoms with Gasteiger partial charge in [0.2, 0.25) is 11.0 Å². The molecule has 0 saturated carbocycles. The Bertz CT molecular complexity index is 575. The molecule has 18 heavy (non-hydrogen) atoms. The second kappa shape index (κ2) is 4.99. The molecule has 0 unspecified atom stereocenters. The van der Waals surface area contributed by atoms with Crippen molar-refractivity contribution in [3.63, 3.8) is 0 Å². The van der Waals surface area contributed by atoms with Gasteiger partial charge in [-0.15, -0.1) is 22.0 Å². The monoisotopic (exact) mass is 341 g/mol. The van der Waals surface area contributed by atoms with E-state index in [-0.39, 0.29) is 11.3 Å². The Morgan fingerprint density at radius 3 is 3.06 bits per heavy atom. The van der Waals surface area contributed by atoms with Crippen molar-refractivity contribution in [1.82, 2.24) is 10.2 Å². The first kappa shape index (κ1) is 12.1. The minimum atomic E-state index is -0.0112. The summed E-state index contributed by atoms with van der Waals surface area (Å²) in [4.78, 5) is 13.7. The fourth-order valence-corrected chi connectivity index (χ4v) is 4.04. The van der Waals surface area contributed by atoms with E-state index in [0.29, 0.717) is 10.9 Å². The summed E-state index contributed by atoms with van der Waals surface area (Å²) in [6.07, 6.45) is 0. The minimum Gasteiger partial charge on any atom is -0.273 e. The van der Waals surface area contributed by atoms with Crippen molar-refractivity contribution < 1.29 is 4.79 Å². The Morgan fingerprint density at radius 2 is 2.33 bits per heavy atom. The van der Waals surface area contributed by atoms with Gasteiger partial charge in [-0.2, -0.15) is 0 Å². The smallest absolute Gasteiger partial charge is 0.240 e. The number of benzene rings is 1. The molecule has 7 heteroatoms. The molecule has 1 aliphatic rings. The molecule has 0 N–H and O–H groups in total. The number of nitrogens with zero attached hydrogens (tertiary/aromatic N) is 3. The predicted octanol–water partition coefficient (Wildman–Crippen LogP) is 3.08. The van der Waals surface area contributed by atoms with E-state index in [2.05, 4.69) is 26.1 Å². The van der Waals surface area contributed by atoms with Crippen molar-refractivity contribution in [1.29, 1.82) is 0 Å². The van der Waals surface area contributed by atoms with E-state index in [1.165, 1.54) is 11.3 Å². The van der Waals surface area contributed by atoms with E-state index in [4.69, 9.17) is 0 Å². The lowest BCUT2D eigenvalue weighted by Crippen LogP contribution is -2.27. The third-order valence-corrected chi connectivity index (χ3v) is 4.95. The topological polar surface area (TPSA) is 46.1 Å². The van der Waals surface area contributed by atoms with Crippen molar-refractivity contribution in [2.45, 2.75) is 5.37 Å². The summed E-state index contributed by atoms with van der Waals surface area (Å²) < 4.78 is 1.01. The maximum absolute atomic E-state index is 12.0. The number of carbonyl (C=O) groups is 1. The van der Waals surface area contributed by atoms with Gasteiger partial charge in [0, 0.05) is 4.47 Å². The van der Waals surface area contributed by atoms with Gasteiger partial charge in [0.05, 0.1) is 5.75 Å². The van der Waals surface area contributed by atoms with Crippen LogP contribution in [0.3, 0.4) is 0 Å². The molecule has 2 aromatic rings. The molecule has 1 amide bonds. The van der Waals surface area contributed by atoms with Crippen LogP contribution in [0.25, 0.3) is 0 Å². The van der Waals surface area contributed by atoms with Crippen LogP contribution >= 0.6 is 39.0 Å². The van der Waals surface area contributed by atoms with E-state index < -0.39 is 0 Å². The SMILES string of the molecule is O=C1CS[C@@H](c2cccc(Br)c2)N1c1nncs1. The Hall–Kier alpha value is -0.920. The van der Waals surface area contributed by atoms with Gasteiger partial charge in [0.25, 0.3) is 0 Å². The first-order valence-corrected chi connectivity index (χ1v) is 7.93. The van der Waals surface area contributed by atoms with Crippen LogP contribution in [-0.2, 0) is 4.79 Å². The van der Waals surface area contributed by atoms with Crippen molar-refractivity contribution in [3.8, 4) is 0 Å². The summed E-state index contributed by atoms with van der Waals surface area (Å²) in [5.41, 5.74) is 2.74. The predicted molar refractivity (Wildman–Crippen MR) is 76.7 cm³/mol. The summed E-state index contributed by atoms with van der Waals surface area (Å²) >= 11 is 6.45. The molecule has 0 bridgehead atoms. The number of thioether (sulfide) groups is 1. The van der Waals surface area contributed by atoms with Gasteiger partial charge < -0.3 is 0 Å². The molecule has 0 radical (unpaired) electrons. The fourth-order valence-electron chi connectivity index (χ4n) is 1.81. The highest BCUT2D eigenvalue weighted by Crippen LogP contribution is 2.42. The second-order valence-corrected chi connectivity index (χ2v) is 6.50. The lowest BCUT2D eigenvalue weighted by molar-refractivity contribution is -0.115. The molecule has 1 fully saturated rings. The number of hydrogen-bond acceptors (Lipinski definition) is 5. The zero-order chi connectivity index (χ0) is 12.5. The Kier molecular flexibility index (Phi) is 3.36. The van der Waals surface area contributed by atoms with E-state index in [1.54, 1.807) is 22.2 Å². The lowest BCUT2D eigenvalue weighted by Gasteiger charge is -2.21. The van der Waals surface area contributed by atoms with E-state index in [1.807, 2.05) is 24.3 Å². The van der Waals surface area contributed by atoms with Crippen molar-refractivity contribution in [2.75, 3.05) is 10.7 Å². The maximum atomic E-state index is 12.0. The van der Waals surface area contributed by atoms with Crippen LogP contribution in [0.4, 0.5) is 5.13 Å². The average molecular weight is 342 g/mol. The molecule has 3 rings (SSSR count). The first-order chi connectivity index (χ1) is 8.75. The molecule has 4 nitrogen and oxygen atoms in total. The molecule has 92 valence electrons. The van der Waals surface area contributed by atoms with Crippen molar-refractivity contribution in [2.24, 2.45) is 0 Å². The van der Waals surface area contributed by atoms with Gasteiger partial charge in [-0.1, -0.05) is 39.4 Å². The van der Waals surface area contributed by atoms with Gasteiger partial charge in [0.15, 0.2) is 0 Å². The zero-order valence-electron chi connectivity index (χ0n) is 9.12. The molecule has 1 aliphatic heterocycles. The number of halogens is 1. The fraction of sp³-hybridized carbons (Fsp3) is 0.182. The molecule has 1 saturated heterocycles. The number of rotatable bonds is 2. The van der Waals surface area contributed by atoms with Gasteiger partial charge >= 0.3 is 0 Å². The largest absolute Gasteiger partial charge is 0.273 e. The second-order valence-electron chi connectivity index (χ2n) is 3.70. The molecule has 0 aliphatic carbocycles. The molecular formula is C11H8BrN3OS2. The first-order valence-electron chi connectivity index (χ1n) is 5.21. The zero-order valence-corrected chi connectivity index (χ0v) is 12.3. The molecule has 2 heterocycles. The van der Waals surface area contributed by atoms with Gasteiger partial charge in [-0.05, 0) is 17.7 Å². The third-order valence-electron chi connectivity index (χ3n) is 2.56. The average Bonchev–Trinajstić information content (AvgIpc) is 2.97. The number of aromatic nitrogens is 2. The lowest BCUT2D eigenvalue weighted by atomic mass is 10.2. The molecule has 1 atom stereocenters. The van der Waals surface area contributed by atoms with Crippen LogP contribution < -0.4 is 4.90 Å². The van der Waals surface area contributed by atoms with Crippen LogP contribution in [0.2, 0.25) is 0 Å². The van der Waals surface area contributed by atoms with E-state index >= 15 is 0 Å². The van der Waals surface area contributed by atoms with Gasteiger partial charge in [-0.25, -0.2) is 0 Å². The number of amides is 1. The normalized spacial score (nSPS) is 19.5. The van der Waals surface area contributed by atoms with Crippen LogP contribution in [0.15, 0.2) is 34.2 Å². The van der Waals surface area contributed by atoms with Gasteiger partial charge in [-0.3, -0.25) is 9.69 Å². The quantitative estimate of drug-likeness (QED) is 0.842. The van der Waals surface area contributed by atoms with E-state index in [0.717, 1.165) is 10.0 Å². The van der Waals surface area contributed by atoms with Crippen LogP contribution in [0.1, 0.15) is 10.9 Å². The van der Waals surface area contributed by atoms with Crippen LogP contribution in [0, 0.1) is 0 Å². The Labute approximate surface area is 121 Å². The molecule has 0 spiro atoms. The number of carbonyl (C=O) groups excluding carboxylic acids is 1.